The summed E-state index contributed by atoms with van der Waals surface area (Å²) in [5.41, 5.74) is -4.73. The Hall–Kier alpha value is -2.88. The van der Waals surface area contributed by atoms with Crippen molar-refractivity contribution < 1.29 is 55.2 Å². The lowest BCUT2D eigenvalue weighted by molar-refractivity contribution is -0.217. The smallest absolute Gasteiger partial charge is 0.456 e. The molecule has 0 radical (unpaired) electrons. The molecule has 16 heteroatoms. The van der Waals surface area contributed by atoms with Gasteiger partial charge >= 0.3 is 30.0 Å². The highest BCUT2D eigenvalue weighted by molar-refractivity contribution is 5.76. The molecule has 10 nitrogen and oxygen atoms in total. The number of aromatic nitrogens is 2. The van der Waals surface area contributed by atoms with Crippen LogP contribution in [0.5, 0.6) is 0 Å². The topological polar surface area (TPSA) is 137 Å². The summed E-state index contributed by atoms with van der Waals surface area (Å²) in [6.45, 7) is -0.631. The minimum absolute atomic E-state index is 0.488. The van der Waals surface area contributed by atoms with Crippen LogP contribution in [0.15, 0.2) is 21.9 Å². The van der Waals surface area contributed by atoms with Crippen LogP contribution in [0.25, 0.3) is 0 Å². The Morgan fingerprint density at radius 3 is 2.27 bits per heavy atom. The molecule has 30 heavy (non-hydrogen) atoms. The molecule has 2 N–H and O–H groups in total. The molecule has 4 atom stereocenters. The molecule has 1 aliphatic rings. The molecule has 2 rings (SSSR count). The van der Waals surface area contributed by atoms with E-state index in [1.165, 1.54) is 0 Å². The molecule has 1 aromatic heterocycles. The first-order chi connectivity index (χ1) is 13.5. The summed E-state index contributed by atoms with van der Waals surface area (Å²) in [5, 5.41) is 10.6. The molecule has 168 valence electrons. The van der Waals surface area contributed by atoms with E-state index in [-0.39, 0.29) is 0 Å². The number of H-pyrrole nitrogens is 1. The van der Waals surface area contributed by atoms with E-state index in [4.69, 9.17) is 4.74 Å². The number of alkyl halides is 6. The zero-order chi connectivity index (χ0) is 23.1. The first-order valence-electron chi connectivity index (χ1n) is 7.76. The third-order valence-electron chi connectivity index (χ3n) is 3.90. The first-order valence-corrected chi connectivity index (χ1v) is 7.76. The fourth-order valence-electron chi connectivity index (χ4n) is 2.59. The van der Waals surface area contributed by atoms with E-state index in [2.05, 4.69) is 9.47 Å². The monoisotopic (exact) mass is 450 g/mol. The molecule has 2 heterocycles. The van der Waals surface area contributed by atoms with Crippen molar-refractivity contribution in [3.05, 3.63) is 33.1 Å². The molecule has 0 aromatic carbocycles. The molecule has 0 aliphatic carbocycles. The van der Waals surface area contributed by atoms with Crippen LogP contribution in [0.1, 0.15) is 13.2 Å². The Kier molecular flexibility index (Phi) is 6.04. The van der Waals surface area contributed by atoms with Gasteiger partial charge in [-0.1, -0.05) is 0 Å². The zero-order valence-electron chi connectivity index (χ0n) is 14.6. The Morgan fingerprint density at radius 1 is 1.20 bits per heavy atom. The van der Waals surface area contributed by atoms with Gasteiger partial charge < -0.3 is 19.3 Å². The molecule has 0 saturated carbocycles. The normalized spacial score (nSPS) is 27.0. The Balaban J connectivity index is 2.39. The van der Waals surface area contributed by atoms with E-state index < -0.39 is 66.2 Å². The van der Waals surface area contributed by atoms with Gasteiger partial charge in [0.25, 0.3) is 5.56 Å². The highest BCUT2D eigenvalue weighted by Gasteiger charge is 2.59. The van der Waals surface area contributed by atoms with Crippen molar-refractivity contribution in [3.63, 3.8) is 0 Å². The van der Waals surface area contributed by atoms with Gasteiger partial charge in [-0.05, 0) is 6.92 Å². The Bertz CT molecular complexity index is 934. The lowest BCUT2D eigenvalue weighted by Gasteiger charge is -2.30. The van der Waals surface area contributed by atoms with E-state index >= 15 is 0 Å². The fourth-order valence-corrected chi connectivity index (χ4v) is 2.59. The summed E-state index contributed by atoms with van der Waals surface area (Å²) in [6, 6.07) is 0.772. The number of carbonyl (C=O) groups is 2. The van der Waals surface area contributed by atoms with Gasteiger partial charge in [-0.15, -0.1) is 0 Å². The third-order valence-corrected chi connectivity index (χ3v) is 3.90. The Morgan fingerprint density at radius 2 is 1.77 bits per heavy atom. The summed E-state index contributed by atoms with van der Waals surface area (Å²) in [7, 11) is 0. The highest BCUT2D eigenvalue weighted by Crippen LogP contribution is 2.40. The number of ether oxygens (including phenoxy) is 3. The van der Waals surface area contributed by atoms with Crippen LogP contribution in [0.4, 0.5) is 26.3 Å². The number of aliphatic hydroxyl groups is 1. The highest BCUT2D eigenvalue weighted by atomic mass is 19.4. The molecule has 1 fully saturated rings. The second-order valence-electron chi connectivity index (χ2n) is 6.19. The molecule has 0 amide bonds. The zero-order valence-corrected chi connectivity index (χ0v) is 14.6. The van der Waals surface area contributed by atoms with Gasteiger partial charge in [0.2, 0.25) is 0 Å². The maximum absolute atomic E-state index is 12.6. The number of esters is 2. The van der Waals surface area contributed by atoms with Crippen molar-refractivity contribution in [1.82, 2.24) is 9.55 Å². The predicted octanol–water partition coefficient (Wildman–Crippen LogP) is -0.235. The lowest BCUT2D eigenvalue weighted by Crippen LogP contribution is -2.50. The van der Waals surface area contributed by atoms with Gasteiger partial charge in [0.15, 0.2) is 12.3 Å². The number of aromatic amines is 1. The van der Waals surface area contributed by atoms with Crippen LogP contribution in [-0.4, -0.2) is 63.4 Å². The van der Waals surface area contributed by atoms with Gasteiger partial charge in [0, 0.05) is 12.3 Å². The number of hydrogen-bond donors (Lipinski definition) is 2. The predicted molar refractivity (Wildman–Crippen MR) is 78.8 cm³/mol. The van der Waals surface area contributed by atoms with E-state index in [9.17, 15) is 50.6 Å². The lowest BCUT2D eigenvalue weighted by atomic mass is 9.96. The average Bonchev–Trinajstić information content (AvgIpc) is 2.82. The molecule has 0 bridgehead atoms. The van der Waals surface area contributed by atoms with Gasteiger partial charge in [-0.2, -0.15) is 26.3 Å². The molecule has 1 aliphatic heterocycles. The van der Waals surface area contributed by atoms with Gasteiger partial charge in [-0.25, -0.2) is 14.4 Å². The third kappa shape index (κ3) is 4.81. The molecule has 0 spiro atoms. The molecule has 4 unspecified atom stereocenters. The fraction of sp³-hybridized carbons (Fsp3) is 0.571. The van der Waals surface area contributed by atoms with Crippen LogP contribution in [0.3, 0.4) is 0 Å². The van der Waals surface area contributed by atoms with Crippen LogP contribution >= 0.6 is 0 Å². The number of nitrogens with zero attached hydrogens (tertiary/aromatic N) is 1. The van der Waals surface area contributed by atoms with Crippen molar-refractivity contribution >= 4 is 11.9 Å². The molecular formula is C14H12F6N2O8. The van der Waals surface area contributed by atoms with Crippen molar-refractivity contribution in [3.8, 4) is 0 Å². The van der Waals surface area contributed by atoms with Gasteiger partial charge in [0.05, 0.1) is 0 Å². The number of carbonyl (C=O) groups excluding carboxylic acids is 2. The number of nitrogens with one attached hydrogen (secondary N) is 1. The summed E-state index contributed by atoms with van der Waals surface area (Å²) >= 11 is 0. The largest absolute Gasteiger partial charge is 0.490 e. The van der Waals surface area contributed by atoms with E-state index in [0.717, 1.165) is 19.2 Å². The second-order valence-corrected chi connectivity index (χ2v) is 6.19. The Labute approximate surface area is 160 Å². The van der Waals surface area contributed by atoms with E-state index in [1.54, 1.807) is 4.98 Å². The van der Waals surface area contributed by atoms with E-state index in [1.807, 2.05) is 0 Å². The maximum Gasteiger partial charge on any atom is 0.490 e. The van der Waals surface area contributed by atoms with Crippen molar-refractivity contribution in [2.75, 3.05) is 6.61 Å². The quantitative estimate of drug-likeness (QED) is 0.474. The minimum atomic E-state index is -5.55. The maximum atomic E-state index is 12.6. The second kappa shape index (κ2) is 7.75. The van der Waals surface area contributed by atoms with Crippen LogP contribution in [-0.2, 0) is 23.8 Å². The van der Waals surface area contributed by atoms with Crippen molar-refractivity contribution in [2.24, 2.45) is 0 Å². The summed E-state index contributed by atoms with van der Waals surface area (Å²) in [6.07, 6.45) is -16.5. The summed E-state index contributed by atoms with van der Waals surface area (Å²) in [4.78, 5) is 46.9. The van der Waals surface area contributed by atoms with Gasteiger partial charge in [0.1, 0.15) is 18.3 Å². The van der Waals surface area contributed by atoms with Crippen molar-refractivity contribution in [1.29, 1.82) is 0 Å². The number of hydrogen-bond acceptors (Lipinski definition) is 8. The van der Waals surface area contributed by atoms with Crippen LogP contribution in [0.2, 0.25) is 0 Å². The first kappa shape index (κ1) is 23.4. The molecular weight excluding hydrogens is 438 g/mol. The summed E-state index contributed by atoms with van der Waals surface area (Å²) in [5.74, 6) is -5.55. The van der Waals surface area contributed by atoms with Crippen LogP contribution < -0.4 is 11.2 Å². The number of rotatable bonds is 4. The standard InChI is InChI=1S/C14H12F6N2O8/c1-12(27)7(30-10(25)14(18,19)20)5(4-28-9(24)13(15,16)17)29-8(12)22-3-2-6(23)21-11(22)26/h2-3,5,7-8,27H,4H2,1H3,(H,21,23,26). The minimum Gasteiger partial charge on any atom is -0.456 e. The van der Waals surface area contributed by atoms with Gasteiger partial charge in [-0.3, -0.25) is 14.3 Å². The number of halogens is 6. The molecule has 1 saturated heterocycles. The van der Waals surface area contributed by atoms with Crippen LogP contribution in [0, 0.1) is 0 Å². The van der Waals surface area contributed by atoms with Crippen molar-refractivity contribution in [2.45, 2.75) is 43.3 Å². The molecule has 1 aromatic rings. The SMILES string of the molecule is CC1(O)C(OC(=O)C(F)(F)F)C(COC(=O)C(F)(F)F)OC1n1ccc(=O)[nH]c1=O. The average molecular weight is 450 g/mol. The van der Waals surface area contributed by atoms with E-state index in [0.29, 0.717) is 4.57 Å². The summed E-state index contributed by atoms with van der Waals surface area (Å²) < 4.78 is 88.1.